The van der Waals surface area contributed by atoms with Gasteiger partial charge in [0.15, 0.2) is 0 Å². The highest BCUT2D eigenvalue weighted by atomic mass is 79.9. The first-order chi connectivity index (χ1) is 9.08. The maximum absolute atomic E-state index is 12.2. The number of carbonyl (C=O) groups is 1. The molecule has 2 nitrogen and oxygen atoms in total. The van der Waals surface area contributed by atoms with Crippen LogP contribution in [0.1, 0.15) is 34.5 Å². The SMILES string of the molecule is Cc1ccccc1C(C)NC(=O)c1cccc(Br)c1. The summed E-state index contributed by atoms with van der Waals surface area (Å²) in [7, 11) is 0. The van der Waals surface area contributed by atoms with Crippen LogP contribution in [0, 0.1) is 6.92 Å². The molecule has 0 aliphatic heterocycles. The van der Waals surface area contributed by atoms with Crippen molar-refractivity contribution in [2.45, 2.75) is 19.9 Å². The highest BCUT2D eigenvalue weighted by Crippen LogP contribution is 2.18. The number of hydrogen-bond donors (Lipinski definition) is 1. The van der Waals surface area contributed by atoms with Crippen molar-refractivity contribution >= 4 is 21.8 Å². The fourth-order valence-corrected chi connectivity index (χ4v) is 2.46. The lowest BCUT2D eigenvalue weighted by Gasteiger charge is -2.16. The molecule has 0 spiro atoms. The van der Waals surface area contributed by atoms with E-state index in [-0.39, 0.29) is 11.9 Å². The molecule has 2 aromatic carbocycles. The van der Waals surface area contributed by atoms with Gasteiger partial charge < -0.3 is 5.32 Å². The zero-order chi connectivity index (χ0) is 13.8. The highest BCUT2D eigenvalue weighted by Gasteiger charge is 2.12. The van der Waals surface area contributed by atoms with Crippen LogP contribution in [0.3, 0.4) is 0 Å². The Hall–Kier alpha value is -1.61. The van der Waals surface area contributed by atoms with E-state index in [4.69, 9.17) is 0 Å². The summed E-state index contributed by atoms with van der Waals surface area (Å²) in [6, 6.07) is 15.5. The molecule has 0 aromatic heterocycles. The molecule has 1 amide bonds. The number of benzene rings is 2. The van der Waals surface area contributed by atoms with Gasteiger partial charge in [-0.05, 0) is 43.2 Å². The van der Waals surface area contributed by atoms with Crippen molar-refractivity contribution in [1.82, 2.24) is 5.32 Å². The third kappa shape index (κ3) is 3.44. The second-order valence-corrected chi connectivity index (χ2v) is 5.48. The Morgan fingerprint density at radius 3 is 2.58 bits per heavy atom. The van der Waals surface area contributed by atoms with Crippen molar-refractivity contribution < 1.29 is 4.79 Å². The van der Waals surface area contributed by atoms with Gasteiger partial charge >= 0.3 is 0 Å². The minimum Gasteiger partial charge on any atom is -0.346 e. The molecule has 98 valence electrons. The van der Waals surface area contributed by atoms with E-state index in [1.807, 2.05) is 49.4 Å². The fraction of sp³-hybridized carbons (Fsp3) is 0.188. The zero-order valence-corrected chi connectivity index (χ0v) is 12.6. The van der Waals surface area contributed by atoms with Crippen molar-refractivity contribution in [3.8, 4) is 0 Å². The summed E-state index contributed by atoms with van der Waals surface area (Å²) >= 11 is 3.37. The minimum absolute atomic E-state index is 0.00678. The lowest BCUT2D eigenvalue weighted by molar-refractivity contribution is 0.0940. The van der Waals surface area contributed by atoms with E-state index in [1.165, 1.54) is 5.56 Å². The summed E-state index contributed by atoms with van der Waals surface area (Å²) in [6.45, 7) is 4.05. The molecular weight excluding hydrogens is 302 g/mol. The predicted molar refractivity (Wildman–Crippen MR) is 81.2 cm³/mol. The van der Waals surface area contributed by atoms with Gasteiger partial charge in [0.2, 0.25) is 0 Å². The Morgan fingerprint density at radius 1 is 1.16 bits per heavy atom. The smallest absolute Gasteiger partial charge is 0.251 e. The van der Waals surface area contributed by atoms with Crippen LogP contribution in [0.2, 0.25) is 0 Å². The number of aryl methyl sites for hydroxylation is 1. The second kappa shape index (κ2) is 6.02. The molecule has 0 heterocycles. The molecule has 3 heteroatoms. The van der Waals surface area contributed by atoms with Crippen LogP contribution in [0.5, 0.6) is 0 Å². The minimum atomic E-state index is -0.0583. The Labute approximate surface area is 122 Å². The topological polar surface area (TPSA) is 29.1 Å². The molecule has 0 bridgehead atoms. The molecule has 0 aliphatic rings. The van der Waals surface area contributed by atoms with Crippen molar-refractivity contribution in [2.24, 2.45) is 0 Å². The molecular formula is C16H16BrNO. The normalized spacial score (nSPS) is 11.9. The molecule has 0 radical (unpaired) electrons. The lowest BCUT2D eigenvalue weighted by Crippen LogP contribution is -2.27. The van der Waals surface area contributed by atoms with Crippen LogP contribution < -0.4 is 5.32 Å². The summed E-state index contributed by atoms with van der Waals surface area (Å²) < 4.78 is 0.906. The monoisotopic (exact) mass is 317 g/mol. The zero-order valence-electron chi connectivity index (χ0n) is 11.0. The number of halogens is 1. The van der Waals surface area contributed by atoms with Gasteiger partial charge in [0.05, 0.1) is 6.04 Å². The first kappa shape index (κ1) is 13.8. The van der Waals surface area contributed by atoms with Gasteiger partial charge in [0.1, 0.15) is 0 Å². The molecule has 0 fully saturated rings. The molecule has 2 aromatic rings. The fourth-order valence-electron chi connectivity index (χ4n) is 2.06. The number of nitrogens with one attached hydrogen (secondary N) is 1. The van der Waals surface area contributed by atoms with Gasteiger partial charge in [0, 0.05) is 10.0 Å². The Kier molecular flexibility index (Phi) is 4.38. The van der Waals surface area contributed by atoms with E-state index in [0.29, 0.717) is 5.56 Å². The summed E-state index contributed by atoms with van der Waals surface area (Å²) in [6.07, 6.45) is 0. The molecule has 0 saturated carbocycles. The summed E-state index contributed by atoms with van der Waals surface area (Å²) in [4.78, 5) is 12.2. The van der Waals surface area contributed by atoms with Crippen LogP contribution in [-0.2, 0) is 0 Å². The average molecular weight is 318 g/mol. The van der Waals surface area contributed by atoms with Gasteiger partial charge in [-0.25, -0.2) is 0 Å². The number of hydrogen-bond acceptors (Lipinski definition) is 1. The molecule has 1 atom stereocenters. The quantitative estimate of drug-likeness (QED) is 0.901. The molecule has 19 heavy (non-hydrogen) atoms. The van der Waals surface area contributed by atoms with Gasteiger partial charge in [-0.3, -0.25) is 4.79 Å². The number of amides is 1. The Morgan fingerprint density at radius 2 is 1.89 bits per heavy atom. The first-order valence-electron chi connectivity index (χ1n) is 6.20. The third-order valence-electron chi connectivity index (χ3n) is 3.09. The second-order valence-electron chi connectivity index (χ2n) is 4.56. The van der Waals surface area contributed by atoms with Crippen LogP contribution in [0.25, 0.3) is 0 Å². The average Bonchev–Trinajstić information content (AvgIpc) is 2.39. The third-order valence-corrected chi connectivity index (χ3v) is 3.58. The van der Waals surface area contributed by atoms with Crippen LogP contribution in [0.15, 0.2) is 53.0 Å². The summed E-state index contributed by atoms with van der Waals surface area (Å²) in [5.41, 5.74) is 2.99. The maximum atomic E-state index is 12.2. The number of carbonyl (C=O) groups excluding carboxylic acids is 1. The largest absolute Gasteiger partial charge is 0.346 e. The molecule has 2 rings (SSSR count). The van der Waals surface area contributed by atoms with Gasteiger partial charge in [0.25, 0.3) is 5.91 Å². The first-order valence-corrected chi connectivity index (χ1v) is 6.99. The maximum Gasteiger partial charge on any atom is 0.251 e. The van der Waals surface area contributed by atoms with Crippen LogP contribution in [-0.4, -0.2) is 5.91 Å². The van der Waals surface area contributed by atoms with Crippen LogP contribution in [0.4, 0.5) is 0 Å². The molecule has 0 aliphatic carbocycles. The molecule has 1 unspecified atom stereocenters. The Balaban J connectivity index is 2.13. The van der Waals surface area contributed by atoms with Crippen molar-refractivity contribution in [2.75, 3.05) is 0 Å². The van der Waals surface area contributed by atoms with Gasteiger partial charge in [-0.15, -0.1) is 0 Å². The predicted octanol–water partition coefficient (Wildman–Crippen LogP) is 4.25. The Bertz CT molecular complexity index is 595. The van der Waals surface area contributed by atoms with E-state index < -0.39 is 0 Å². The van der Waals surface area contributed by atoms with E-state index in [1.54, 1.807) is 0 Å². The molecule has 1 N–H and O–H groups in total. The van der Waals surface area contributed by atoms with Crippen LogP contribution >= 0.6 is 15.9 Å². The molecule has 0 saturated heterocycles. The van der Waals surface area contributed by atoms with Crippen molar-refractivity contribution in [3.05, 3.63) is 69.7 Å². The lowest BCUT2D eigenvalue weighted by atomic mass is 10.0. The number of rotatable bonds is 3. The van der Waals surface area contributed by atoms with Gasteiger partial charge in [-0.1, -0.05) is 46.3 Å². The van der Waals surface area contributed by atoms with E-state index in [2.05, 4.69) is 34.2 Å². The van der Waals surface area contributed by atoms with Crippen molar-refractivity contribution in [3.63, 3.8) is 0 Å². The summed E-state index contributed by atoms with van der Waals surface area (Å²) in [5, 5.41) is 3.02. The van der Waals surface area contributed by atoms with E-state index >= 15 is 0 Å². The van der Waals surface area contributed by atoms with E-state index in [0.717, 1.165) is 10.0 Å². The van der Waals surface area contributed by atoms with Gasteiger partial charge in [-0.2, -0.15) is 0 Å². The summed E-state index contributed by atoms with van der Waals surface area (Å²) in [5.74, 6) is -0.0583. The highest BCUT2D eigenvalue weighted by molar-refractivity contribution is 9.10. The van der Waals surface area contributed by atoms with E-state index in [9.17, 15) is 4.79 Å². The van der Waals surface area contributed by atoms with Crippen molar-refractivity contribution in [1.29, 1.82) is 0 Å². The standard InChI is InChI=1S/C16H16BrNO/c1-11-6-3-4-9-15(11)12(2)18-16(19)13-7-5-8-14(17)10-13/h3-10,12H,1-2H3,(H,18,19).